The number of nitrogens with zero attached hydrogens (tertiary/aromatic N) is 2. The number of carbonyl (C=O) groups excluding carboxylic acids is 1. The van der Waals surface area contributed by atoms with E-state index >= 15 is 0 Å². The van der Waals surface area contributed by atoms with Crippen LogP contribution in [0.5, 0.6) is 0 Å². The molecule has 0 aliphatic carbocycles. The Morgan fingerprint density at radius 2 is 2.14 bits per heavy atom. The maximum absolute atomic E-state index is 13.5. The Labute approximate surface area is 127 Å². The van der Waals surface area contributed by atoms with Crippen LogP contribution in [0.25, 0.3) is 11.3 Å². The average molecular weight is 307 g/mol. The lowest BCUT2D eigenvalue weighted by Gasteiger charge is -2.09. The molecule has 0 unspecified atom stereocenters. The monoisotopic (exact) mass is 307 g/mol. The van der Waals surface area contributed by atoms with Gasteiger partial charge in [-0.1, -0.05) is 6.92 Å². The second-order valence-corrected chi connectivity index (χ2v) is 4.60. The number of aromatic amines is 1. The first-order chi connectivity index (χ1) is 10.7. The molecule has 1 aromatic heterocycles. The number of halogens is 1. The molecular formula is C15H18FN3O3. The number of benzene rings is 1. The fraction of sp³-hybridized carbons (Fsp3) is 0.400. The van der Waals surface area contributed by atoms with Crippen LogP contribution in [0.2, 0.25) is 0 Å². The number of H-pyrrole nitrogens is 1. The molecule has 7 heteroatoms. The van der Waals surface area contributed by atoms with Crippen molar-refractivity contribution in [2.45, 2.75) is 26.9 Å². The van der Waals surface area contributed by atoms with Crippen molar-refractivity contribution >= 4 is 5.97 Å². The topological polar surface area (TPSA) is 77.1 Å². The molecule has 0 saturated carbocycles. The van der Waals surface area contributed by atoms with Crippen LogP contribution in [-0.2, 0) is 16.1 Å². The summed E-state index contributed by atoms with van der Waals surface area (Å²) in [5, 5.41) is 10.2. The van der Waals surface area contributed by atoms with Crippen molar-refractivity contribution in [3.05, 3.63) is 35.3 Å². The Morgan fingerprint density at radius 1 is 1.32 bits per heavy atom. The van der Waals surface area contributed by atoms with Crippen LogP contribution in [0, 0.1) is 5.82 Å². The lowest BCUT2D eigenvalue weighted by molar-refractivity contribution is 0.0520. The summed E-state index contributed by atoms with van der Waals surface area (Å²) >= 11 is 0. The standard InChI is InChI=1S/C15H18FN3O3/c1-3-7-21-9-10-8-11(16)5-6-12(10)13-14(18-19-17-13)15(20)22-4-2/h5-6,8H,3-4,7,9H2,1-2H3,(H,17,18,19). The van der Waals surface area contributed by atoms with E-state index in [-0.39, 0.29) is 24.7 Å². The average Bonchev–Trinajstić information content (AvgIpc) is 2.97. The molecule has 22 heavy (non-hydrogen) atoms. The molecule has 2 aromatic rings. The van der Waals surface area contributed by atoms with Gasteiger partial charge in [-0.15, -0.1) is 5.10 Å². The minimum absolute atomic E-state index is 0.0743. The summed E-state index contributed by atoms with van der Waals surface area (Å²) in [4.78, 5) is 11.9. The summed E-state index contributed by atoms with van der Waals surface area (Å²) in [7, 11) is 0. The predicted octanol–water partition coefficient (Wildman–Crippen LogP) is 2.71. The van der Waals surface area contributed by atoms with E-state index in [1.807, 2.05) is 6.92 Å². The normalized spacial score (nSPS) is 10.7. The van der Waals surface area contributed by atoms with Crippen LogP contribution in [0.4, 0.5) is 4.39 Å². The van der Waals surface area contributed by atoms with Gasteiger partial charge in [0, 0.05) is 12.2 Å². The van der Waals surface area contributed by atoms with Gasteiger partial charge in [0.15, 0.2) is 5.69 Å². The van der Waals surface area contributed by atoms with Crippen LogP contribution >= 0.6 is 0 Å². The lowest BCUT2D eigenvalue weighted by Crippen LogP contribution is -2.07. The Morgan fingerprint density at radius 3 is 2.86 bits per heavy atom. The molecule has 0 aliphatic heterocycles. The highest BCUT2D eigenvalue weighted by molar-refractivity contribution is 5.94. The van der Waals surface area contributed by atoms with Crippen LogP contribution in [-0.4, -0.2) is 34.6 Å². The Balaban J connectivity index is 2.36. The molecule has 1 N–H and O–H groups in total. The van der Waals surface area contributed by atoms with Crippen molar-refractivity contribution in [1.82, 2.24) is 15.4 Å². The maximum atomic E-state index is 13.5. The summed E-state index contributed by atoms with van der Waals surface area (Å²) < 4.78 is 23.9. The smallest absolute Gasteiger partial charge is 0.361 e. The number of esters is 1. The highest BCUT2D eigenvalue weighted by Gasteiger charge is 2.21. The van der Waals surface area contributed by atoms with Gasteiger partial charge in [0.2, 0.25) is 0 Å². The van der Waals surface area contributed by atoms with Crippen LogP contribution in [0.3, 0.4) is 0 Å². The van der Waals surface area contributed by atoms with E-state index in [2.05, 4.69) is 15.4 Å². The molecule has 0 bridgehead atoms. The molecule has 1 heterocycles. The first kappa shape index (κ1) is 16.1. The second kappa shape index (κ2) is 7.65. The van der Waals surface area contributed by atoms with Gasteiger partial charge in [-0.3, -0.25) is 0 Å². The minimum atomic E-state index is -0.573. The largest absolute Gasteiger partial charge is 0.461 e. The molecule has 118 valence electrons. The molecular weight excluding hydrogens is 289 g/mol. The molecule has 0 fully saturated rings. The van der Waals surface area contributed by atoms with Gasteiger partial charge in [0.1, 0.15) is 11.5 Å². The Kier molecular flexibility index (Phi) is 5.60. The second-order valence-electron chi connectivity index (χ2n) is 4.60. The molecule has 0 amide bonds. The first-order valence-corrected chi connectivity index (χ1v) is 7.11. The Hall–Kier alpha value is -2.28. The maximum Gasteiger partial charge on any atom is 0.361 e. The van der Waals surface area contributed by atoms with Crippen molar-refractivity contribution < 1.29 is 18.7 Å². The molecule has 2 rings (SSSR count). The first-order valence-electron chi connectivity index (χ1n) is 7.11. The van der Waals surface area contributed by atoms with E-state index in [1.165, 1.54) is 12.1 Å². The molecule has 0 radical (unpaired) electrons. The van der Waals surface area contributed by atoms with E-state index < -0.39 is 5.97 Å². The number of nitrogens with one attached hydrogen (secondary N) is 1. The van der Waals surface area contributed by atoms with E-state index in [0.29, 0.717) is 23.4 Å². The van der Waals surface area contributed by atoms with Gasteiger partial charge in [-0.2, -0.15) is 10.3 Å². The van der Waals surface area contributed by atoms with Gasteiger partial charge in [0.05, 0.1) is 13.2 Å². The highest BCUT2D eigenvalue weighted by atomic mass is 19.1. The summed E-state index contributed by atoms with van der Waals surface area (Å²) in [6, 6.07) is 4.23. The highest BCUT2D eigenvalue weighted by Crippen LogP contribution is 2.26. The van der Waals surface area contributed by atoms with Crippen LogP contribution in [0.1, 0.15) is 36.3 Å². The van der Waals surface area contributed by atoms with Crippen molar-refractivity contribution in [2.24, 2.45) is 0 Å². The van der Waals surface area contributed by atoms with Crippen molar-refractivity contribution in [3.63, 3.8) is 0 Å². The zero-order valence-electron chi connectivity index (χ0n) is 12.6. The van der Waals surface area contributed by atoms with Crippen LogP contribution < -0.4 is 0 Å². The number of rotatable bonds is 7. The van der Waals surface area contributed by atoms with Gasteiger partial charge in [-0.25, -0.2) is 9.18 Å². The van der Waals surface area contributed by atoms with Gasteiger partial charge >= 0.3 is 5.97 Å². The molecule has 6 nitrogen and oxygen atoms in total. The lowest BCUT2D eigenvalue weighted by atomic mass is 10.0. The number of hydrogen-bond donors (Lipinski definition) is 1. The summed E-state index contributed by atoms with van der Waals surface area (Å²) in [5.74, 6) is -0.948. The van der Waals surface area contributed by atoms with E-state index in [1.54, 1.807) is 13.0 Å². The molecule has 0 saturated heterocycles. The Bertz CT molecular complexity index is 643. The van der Waals surface area contributed by atoms with E-state index in [4.69, 9.17) is 9.47 Å². The van der Waals surface area contributed by atoms with Crippen LogP contribution in [0.15, 0.2) is 18.2 Å². The molecule has 0 atom stereocenters. The third kappa shape index (κ3) is 3.67. The molecule has 1 aromatic carbocycles. The summed E-state index contributed by atoms with van der Waals surface area (Å²) in [6.07, 6.45) is 0.864. The summed E-state index contributed by atoms with van der Waals surface area (Å²) in [6.45, 7) is 4.74. The molecule has 0 aliphatic rings. The third-order valence-corrected chi connectivity index (χ3v) is 2.95. The van der Waals surface area contributed by atoms with Gasteiger partial charge in [-0.05, 0) is 37.1 Å². The van der Waals surface area contributed by atoms with Crippen molar-refractivity contribution in [1.29, 1.82) is 0 Å². The summed E-state index contributed by atoms with van der Waals surface area (Å²) in [5.41, 5.74) is 1.60. The number of carbonyl (C=O) groups is 1. The number of aromatic nitrogens is 3. The van der Waals surface area contributed by atoms with Crippen molar-refractivity contribution in [3.8, 4) is 11.3 Å². The number of hydrogen-bond acceptors (Lipinski definition) is 5. The third-order valence-electron chi connectivity index (χ3n) is 2.95. The van der Waals surface area contributed by atoms with E-state index in [0.717, 1.165) is 6.42 Å². The van der Waals surface area contributed by atoms with Crippen molar-refractivity contribution in [2.75, 3.05) is 13.2 Å². The zero-order valence-corrected chi connectivity index (χ0v) is 12.6. The van der Waals surface area contributed by atoms with Gasteiger partial charge < -0.3 is 9.47 Å². The quantitative estimate of drug-likeness (QED) is 0.628. The predicted molar refractivity (Wildman–Crippen MR) is 77.7 cm³/mol. The fourth-order valence-electron chi connectivity index (χ4n) is 2.00. The number of ether oxygens (including phenoxy) is 2. The molecule has 0 spiro atoms. The SMILES string of the molecule is CCCOCc1cc(F)ccc1-c1n[nH]nc1C(=O)OCC. The van der Waals surface area contributed by atoms with E-state index in [9.17, 15) is 9.18 Å². The fourth-order valence-corrected chi connectivity index (χ4v) is 2.00. The van der Waals surface area contributed by atoms with Gasteiger partial charge in [0.25, 0.3) is 0 Å². The minimum Gasteiger partial charge on any atom is -0.461 e. The zero-order chi connectivity index (χ0) is 15.9.